The monoisotopic (exact) mass is 136 g/mol. The van der Waals surface area contributed by atoms with Crippen molar-refractivity contribution in [1.82, 2.24) is 0 Å². The van der Waals surface area contributed by atoms with Gasteiger partial charge in [0.05, 0.1) is 0 Å². The molecular weight excluding hydrogens is 124 g/mol. The summed E-state index contributed by atoms with van der Waals surface area (Å²) in [4.78, 5) is 0. The zero-order chi connectivity index (χ0) is 4.28. The smallest absolute Gasteiger partial charge is 0.316 e. The summed E-state index contributed by atoms with van der Waals surface area (Å²) >= 11 is 0. The van der Waals surface area contributed by atoms with E-state index in [1.165, 1.54) is 0 Å². The number of aliphatic hydroxyl groups is 1. The number of hydrogen-bond donors (Lipinski definition) is 1. The molecule has 0 saturated heterocycles. The first-order valence-corrected chi connectivity index (χ1v) is 1.88. The molecule has 0 atom stereocenters. The second-order valence-corrected chi connectivity index (χ2v) is 1.58. The largest absolute Gasteiger partial charge is 0.396 e. The maximum Gasteiger partial charge on any atom is 0.316 e. The Labute approximate surface area is 67.1 Å². The summed E-state index contributed by atoms with van der Waals surface area (Å²) in [6.45, 7) is 4.25. The van der Waals surface area contributed by atoms with Gasteiger partial charge >= 0.3 is 23.1 Å². The summed E-state index contributed by atoms with van der Waals surface area (Å²) in [7, 11) is 0. The van der Waals surface area contributed by atoms with E-state index in [2.05, 4.69) is 0 Å². The SMILES string of the molecule is CC(C)CO.Cl.[MgH2]. The topological polar surface area (TPSA) is 20.2 Å². The normalized spacial score (nSPS) is 6.86. The van der Waals surface area contributed by atoms with Crippen LogP contribution in [0.4, 0.5) is 0 Å². The summed E-state index contributed by atoms with van der Waals surface area (Å²) in [5, 5.41) is 8.14. The average molecular weight is 137 g/mol. The van der Waals surface area contributed by atoms with Crippen LogP contribution in [-0.4, -0.2) is 34.8 Å². The molecule has 0 heterocycles. The Kier molecular flexibility index (Phi) is 22.6. The lowest BCUT2D eigenvalue weighted by Crippen LogP contribution is -1.90. The van der Waals surface area contributed by atoms with Crippen LogP contribution >= 0.6 is 12.4 Å². The molecule has 0 aliphatic heterocycles. The van der Waals surface area contributed by atoms with Crippen LogP contribution < -0.4 is 0 Å². The van der Waals surface area contributed by atoms with Crippen LogP contribution in [0.25, 0.3) is 0 Å². The standard InChI is InChI=1S/C4H10O.ClH.Mg.2H/c1-4(2)3-5;;;;/h4-5H,3H2,1-2H3;1H;;;. The van der Waals surface area contributed by atoms with Crippen molar-refractivity contribution in [3.63, 3.8) is 0 Å². The maximum atomic E-state index is 8.14. The summed E-state index contributed by atoms with van der Waals surface area (Å²) in [6, 6.07) is 0. The fourth-order valence-electron chi connectivity index (χ4n) is 0. The molecule has 3 heteroatoms. The van der Waals surface area contributed by atoms with E-state index in [-0.39, 0.29) is 35.5 Å². The highest BCUT2D eigenvalue weighted by molar-refractivity contribution is 5.85. The van der Waals surface area contributed by atoms with Crippen molar-refractivity contribution in [2.75, 3.05) is 6.61 Å². The Hall–Kier alpha value is 1.02. The van der Waals surface area contributed by atoms with E-state index in [1.807, 2.05) is 13.8 Å². The van der Waals surface area contributed by atoms with Gasteiger partial charge in [-0.25, -0.2) is 0 Å². The highest BCUT2D eigenvalue weighted by Gasteiger charge is 1.81. The molecule has 0 aromatic rings. The summed E-state index contributed by atoms with van der Waals surface area (Å²) in [5.74, 6) is 0.440. The van der Waals surface area contributed by atoms with Gasteiger partial charge in [0.25, 0.3) is 0 Å². The first-order valence-electron chi connectivity index (χ1n) is 1.88. The molecule has 0 aromatic carbocycles. The minimum Gasteiger partial charge on any atom is -0.396 e. The molecule has 0 aliphatic carbocycles. The number of rotatable bonds is 1. The molecule has 0 fully saturated rings. The minimum atomic E-state index is 0. The lowest BCUT2D eigenvalue weighted by Gasteiger charge is -1.90. The molecule has 0 unspecified atom stereocenters. The number of hydrogen-bond acceptors (Lipinski definition) is 1. The van der Waals surface area contributed by atoms with Gasteiger partial charge in [0, 0.05) is 6.61 Å². The molecular formula is C4H13ClMgO. The van der Waals surface area contributed by atoms with Crippen molar-refractivity contribution in [3.8, 4) is 0 Å². The van der Waals surface area contributed by atoms with Crippen LogP contribution in [0.1, 0.15) is 13.8 Å². The second-order valence-electron chi connectivity index (χ2n) is 1.58. The van der Waals surface area contributed by atoms with Crippen LogP contribution in [0.5, 0.6) is 0 Å². The Morgan fingerprint density at radius 3 is 1.57 bits per heavy atom. The summed E-state index contributed by atoms with van der Waals surface area (Å²) in [6.07, 6.45) is 0. The fraction of sp³-hybridized carbons (Fsp3) is 1.00. The molecule has 0 radical (unpaired) electrons. The Morgan fingerprint density at radius 1 is 1.43 bits per heavy atom. The third-order valence-corrected chi connectivity index (χ3v) is 0.365. The van der Waals surface area contributed by atoms with Gasteiger partial charge in [-0.1, -0.05) is 13.8 Å². The molecule has 1 N–H and O–H groups in total. The Morgan fingerprint density at radius 2 is 1.57 bits per heavy atom. The van der Waals surface area contributed by atoms with E-state index in [0.717, 1.165) is 0 Å². The first-order chi connectivity index (χ1) is 2.27. The van der Waals surface area contributed by atoms with Crippen molar-refractivity contribution >= 4 is 35.5 Å². The summed E-state index contributed by atoms with van der Waals surface area (Å²) < 4.78 is 0. The van der Waals surface area contributed by atoms with Gasteiger partial charge in [0.2, 0.25) is 0 Å². The van der Waals surface area contributed by atoms with Crippen molar-refractivity contribution in [3.05, 3.63) is 0 Å². The van der Waals surface area contributed by atoms with E-state index >= 15 is 0 Å². The molecule has 0 saturated carbocycles. The van der Waals surface area contributed by atoms with Crippen LogP contribution in [0.2, 0.25) is 0 Å². The van der Waals surface area contributed by atoms with Gasteiger partial charge in [-0.15, -0.1) is 12.4 Å². The predicted molar refractivity (Wildman–Crippen MR) is 37.7 cm³/mol. The van der Waals surface area contributed by atoms with Crippen molar-refractivity contribution in [2.24, 2.45) is 5.92 Å². The third kappa shape index (κ3) is 19.4. The minimum absolute atomic E-state index is 0. The van der Waals surface area contributed by atoms with Crippen LogP contribution in [0.3, 0.4) is 0 Å². The average Bonchev–Trinajstić information content (AvgIpc) is 1.38. The molecule has 7 heavy (non-hydrogen) atoms. The zero-order valence-electron chi connectivity index (χ0n) is 4.14. The maximum absolute atomic E-state index is 8.14. The van der Waals surface area contributed by atoms with Gasteiger partial charge in [-0.05, 0) is 5.92 Å². The predicted octanol–water partition coefficient (Wildman–Crippen LogP) is 0.140. The lowest BCUT2D eigenvalue weighted by atomic mass is 10.2. The number of aliphatic hydroxyl groups excluding tert-OH is 1. The van der Waals surface area contributed by atoms with E-state index in [1.54, 1.807) is 0 Å². The highest BCUT2D eigenvalue weighted by Crippen LogP contribution is 1.83. The first kappa shape index (κ1) is 15.7. The van der Waals surface area contributed by atoms with Gasteiger partial charge < -0.3 is 5.11 Å². The van der Waals surface area contributed by atoms with Gasteiger partial charge in [-0.3, -0.25) is 0 Å². The van der Waals surface area contributed by atoms with E-state index in [9.17, 15) is 0 Å². The van der Waals surface area contributed by atoms with Gasteiger partial charge in [-0.2, -0.15) is 0 Å². The lowest BCUT2D eigenvalue weighted by molar-refractivity contribution is 0.248. The van der Waals surface area contributed by atoms with E-state index < -0.39 is 0 Å². The van der Waals surface area contributed by atoms with E-state index in [0.29, 0.717) is 12.5 Å². The molecule has 0 amide bonds. The Bertz CT molecular complexity index is 25.7. The Balaban J connectivity index is -0.0000000800. The number of halogens is 1. The van der Waals surface area contributed by atoms with Crippen LogP contribution in [0.15, 0.2) is 0 Å². The van der Waals surface area contributed by atoms with Gasteiger partial charge in [0.1, 0.15) is 0 Å². The molecule has 44 valence electrons. The molecule has 0 rings (SSSR count). The molecule has 1 nitrogen and oxygen atoms in total. The molecule has 0 spiro atoms. The van der Waals surface area contributed by atoms with Crippen LogP contribution in [0, 0.1) is 5.92 Å². The van der Waals surface area contributed by atoms with Crippen LogP contribution in [-0.2, 0) is 0 Å². The third-order valence-electron chi connectivity index (χ3n) is 0.365. The van der Waals surface area contributed by atoms with Crippen molar-refractivity contribution in [2.45, 2.75) is 13.8 Å². The molecule has 0 bridgehead atoms. The molecule has 0 aromatic heterocycles. The van der Waals surface area contributed by atoms with E-state index in [4.69, 9.17) is 5.11 Å². The quantitative estimate of drug-likeness (QED) is 0.509. The van der Waals surface area contributed by atoms with Crippen molar-refractivity contribution in [1.29, 1.82) is 0 Å². The highest BCUT2D eigenvalue weighted by atomic mass is 35.5. The zero-order valence-corrected chi connectivity index (χ0v) is 4.96. The van der Waals surface area contributed by atoms with Gasteiger partial charge in [0.15, 0.2) is 0 Å². The fourth-order valence-corrected chi connectivity index (χ4v) is 0. The molecule has 0 aliphatic rings. The second kappa shape index (κ2) is 10.1. The summed E-state index contributed by atoms with van der Waals surface area (Å²) in [5.41, 5.74) is 0. The van der Waals surface area contributed by atoms with Crippen molar-refractivity contribution < 1.29 is 5.11 Å².